The number of amides is 1. The fourth-order valence-electron chi connectivity index (χ4n) is 3.11. The van der Waals surface area contributed by atoms with E-state index in [2.05, 4.69) is 16.0 Å². The summed E-state index contributed by atoms with van der Waals surface area (Å²) in [4.78, 5) is 12.1. The maximum Gasteiger partial charge on any atom is 0.268 e. The second-order valence-corrected chi connectivity index (χ2v) is 5.38. The van der Waals surface area contributed by atoms with Gasteiger partial charge >= 0.3 is 0 Å². The minimum Gasteiger partial charge on any atom is -0.349 e. The van der Waals surface area contributed by atoms with Gasteiger partial charge in [-0.2, -0.15) is 5.26 Å². The van der Waals surface area contributed by atoms with Crippen LogP contribution in [0.1, 0.15) is 16.1 Å². The number of nitrogens with zero attached hydrogens (tertiary/aromatic N) is 2. The van der Waals surface area contributed by atoms with Crippen LogP contribution in [0.4, 0.5) is 0 Å². The molecule has 0 spiro atoms. The van der Waals surface area contributed by atoms with Crippen LogP contribution in [-0.4, -0.2) is 17.0 Å². The molecule has 4 heteroatoms. The van der Waals surface area contributed by atoms with Crippen molar-refractivity contribution < 1.29 is 4.79 Å². The Hall–Kier alpha value is -3.06. The summed E-state index contributed by atoms with van der Waals surface area (Å²) in [5, 5.41) is 13.1. The zero-order chi connectivity index (χ0) is 15.1. The number of hydrogen-bond donors (Lipinski definition) is 1. The third kappa shape index (κ3) is 1.80. The van der Waals surface area contributed by atoms with Gasteiger partial charge in [-0.05, 0) is 23.8 Å². The van der Waals surface area contributed by atoms with E-state index in [-0.39, 0.29) is 5.91 Å². The molecule has 0 fully saturated rings. The molecule has 4 nitrogen and oxygen atoms in total. The molecular weight excluding hydrogens is 274 g/mol. The van der Waals surface area contributed by atoms with Crippen LogP contribution >= 0.6 is 0 Å². The maximum atomic E-state index is 12.1. The van der Waals surface area contributed by atoms with E-state index in [4.69, 9.17) is 0 Å². The summed E-state index contributed by atoms with van der Waals surface area (Å²) in [7, 11) is 0. The van der Waals surface area contributed by atoms with Crippen LogP contribution in [0, 0.1) is 11.3 Å². The van der Waals surface area contributed by atoms with Gasteiger partial charge in [0.2, 0.25) is 0 Å². The molecule has 0 atom stereocenters. The van der Waals surface area contributed by atoms with Crippen molar-refractivity contribution in [3.05, 3.63) is 59.8 Å². The highest BCUT2D eigenvalue weighted by atomic mass is 16.2. The highest BCUT2D eigenvalue weighted by Crippen LogP contribution is 2.33. The van der Waals surface area contributed by atoms with Gasteiger partial charge in [0.15, 0.2) is 0 Å². The summed E-state index contributed by atoms with van der Waals surface area (Å²) >= 11 is 0. The molecule has 0 saturated heterocycles. The minimum absolute atomic E-state index is 0.0556. The van der Waals surface area contributed by atoms with Gasteiger partial charge < -0.3 is 9.88 Å². The van der Waals surface area contributed by atoms with E-state index < -0.39 is 0 Å². The summed E-state index contributed by atoms with van der Waals surface area (Å²) in [5.74, 6) is -0.0556. The van der Waals surface area contributed by atoms with Gasteiger partial charge in [-0.1, -0.05) is 30.3 Å². The second kappa shape index (κ2) is 4.74. The summed E-state index contributed by atoms with van der Waals surface area (Å²) < 4.78 is 2.05. The average molecular weight is 287 g/mol. The molecule has 0 radical (unpaired) electrons. The predicted molar refractivity (Wildman–Crippen MR) is 84.4 cm³/mol. The molecule has 0 saturated carbocycles. The molecule has 22 heavy (non-hydrogen) atoms. The summed E-state index contributed by atoms with van der Waals surface area (Å²) in [6.45, 7) is 1.38. The molecule has 0 aliphatic carbocycles. The zero-order valence-electron chi connectivity index (χ0n) is 11.8. The van der Waals surface area contributed by atoms with Crippen LogP contribution in [0.25, 0.3) is 22.0 Å². The van der Waals surface area contributed by atoms with Crippen LogP contribution in [0.15, 0.2) is 48.5 Å². The minimum atomic E-state index is -0.0556. The molecule has 4 rings (SSSR count). The van der Waals surface area contributed by atoms with Gasteiger partial charge in [-0.15, -0.1) is 0 Å². The van der Waals surface area contributed by atoms with Crippen molar-refractivity contribution in [3.8, 4) is 17.2 Å². The summed E-state index contributed by atoms with van der Waals surface area (Å²) in [6.07, 6.45) is 0. The van der Waals surface area contributed by atoms with Crippen LogP contribution in [-0.2, 0) is 6.54 Å². The molecule has 3 aromatic rings. The van der Waals surface area contributed by atoms with Crippen LogP contribution in [0.5, 0.6) is 0 Å². The van der Waals surface area contributed by atoms with E-state index in [0.717, 1.165) is 28.6 Å². The Morgan fingerprint density at radius 1 is 1.14 bits per heavy atom. The maximum absolute atomic E-state index is 12.1. The highest BCUT2D eigenvalue weighted by molar-refractivity contribution is 6.04. The highest BCUT2D eigenvalue weighted by Gasteiger charge is 2.22. The standard InChI is InChI=1S/C18H13N3O/c19-11-12-8-14-10-16-18(22)20-6-7-21(16)17(14)15(9-12)13-4-2-1-3-5-13/h1-5,8-10H,6-7H2,(H,20,22). The normalized spacial score (nSPS) is 13.5. The molecule has 1 aromatic heterocycles. The Morgan fingerprint density at radius 2 is 1.95 bits per heavy atom. The smallest absolute Gasteiger partial charge is 0.268 e. The van der Waals surface area contributed by atoms with Crippen LogP contribution in [0.2, 0.25) is 0 Å². The lowest BCUT2D eigenvalue weighted by atomic mass is 10.0. The number of benzene rings is 2. The lowest BCUT2D eigenvalue weighted by molar-refractivity contribution is 0.0929. The topological polar surface area (TPSA) is 57.8 Å². The van der Waals surface area contributed by atoms with Gasteiger partial charge in [-0.3, -0.25) is 4.79 Å². The van der Waals surface area contributed by atoms with Crippen molar-refractivity contribution in [2.24, 2.45) is 0 Å². The van der Waals surface area contributed by atoms with E-state index >= 15 is 0 Å². The van der Waals surface area contributed by atoms with Crippen molar-refractivity contribution in [2.75, 3.05) is 6.54 Å². The Bertz CT molecular complexity index is 932. The number of rotatable bonds is 1. The largest absolute Gasteiger partial charge is 0.349 e. The Balaban J connectivity index is 2.10. The molecule has 1 aliphatic rings. The Labute approximate surface area is 127 Å². The quantitative estimate of drug-likeness (QED) is 0.748. The monoisotopic (exact) mass is 287 g/mol. The number of carbonyl (C=O) groups is 1. The summed E-state index contributed by atoms with van der Waals surface area (Å²) in [6, 6.07) is 17.8. The van der Waals surface area contributed by atoms with E-state index in [0.29, 0.717) is 17.8 Å². The van der Waals surface area contributed by atoms with E-state index in [1.165, 1.54) is 0 Å². The third-order valence-electron chi connectivity index (χ3n) is 4.06. The Morgan fingerprint density at radius 3 is 2.73 bits per heavy atom. The van der Waals surface area contributed by atoms with Crippen molar-refractivity contribution >= 4 is 16.8 Å². The SMILES string of the molecule is N#Cc1cc(-c2ccccc2)c2c(c1)cc1n2CCNC1=O. The molecule has 2 aromatic carbocycles. The van der Waals surface area contributed by atoms with E-state index in [1.807, 2.05) is 48.5 Å². The zero-order valence-corrected chi connectivity index (χ0v) is 11.8. The first-order chi connectivity index (χ1) is 10.8. The first kappa shape index (κ1) is 12.7. The molecule has 106 valence electrons. The lowest BCUT2D eigenvalue weighted by Gasteiger charge is -2.18. The van der Waals surface area contributed by atoms with Crippen molar-refractivity contribution in [1.82, 2.24) is 9.88 Å². The van der Waals surface area contributed by atoms with E-state index in [1.54, 1.807) is 0 Å². The van der Waals surface area contributed by atoms with Gasteiger partial charge in [-0.25, -0.2) is 0 Å². The van der Waals surface area contributed by atoms with Gasteiger partial charge in [0.05, 0.1) is 17.1 Å². The number of hydrogen-bond acceptors (Lipinski definition) is 2. The number of nitriles is 1. The van der Waals surface area contributed by atoms with Crippen molar-refractivity contribution in [1.29, 1.82) is 5.26 Å². The fraction of sp³-hybridized carbons (Fsp3) is 0.111. The number of fused-ring (bicyclic) bond motifs is 3. The lowest BCUT2D eigenvalue weighted by Crippen LogP contribution is -2.34. The second-order valence-electron chi connectivity index (χ2n) is 5.38. The average Bonchev–Trinajstić information content (AvgIpc) is 2.95. The third-order valence-corrected chi connectivity index (χ3v) is 4.06. The van der Waals surface area contributed by atoms with Crippen LogP contribution < -0.4 is 5.32 Å². The molecule has 1 aliphatic heterocycles. The predicted octanol–water partition coefficient (Wildman–Crippen LogP) is 2.92. The van der Waals surface area contributed by atoms with Crippen molar-refractivity contribution in [2.45, 2.75) is 6.54 Å². The van der Waals surface area contributed by atoms with Gasteiger partial charge in [0, 0.05) is 24.0 Å². The molecule has 2 heterocycles. The van der Waals surface area contributed by atoms with E-state index in [9.17, 15) is 10.1 Å². The number of nitrogens with one attached hydrogen (secondary N) is 1. The van der Waals surface area contributed by atoms with Gasteiger partial charge in [0.25, 0.3) is 5.91 Å². The summed E-state index contributed by atoms with van der Waals surface area (Å²) in [5.41, 5.74) is 4.34. The number of carbonyl (C=O) groups excluding carboxylic acids is 1. The molecule has 0 unspecified atom stereocenters. The van der Waals surface area contributed by atoms with Crippen molar-refractivity contribution in [3.63, 3.8) is 0 Å². The van der Waals surface area contributed by atoms with Gasteiger partial charge in [0.1, 0.15) is 5.69 Å². The molecule has 0 bridgehead atoms. The molecule has 1 N–H and O–H groups in total. The number of aromatic nitrogens is 1. The Kier molecular flexibility index (Phi) is 2.73. The van der Waals surface area contributed by atoms with Crippen LogP contribution in [0.3, 0.4) is 0 Å². The first-order valence-electron chi connectivity index (χ1n) is 7.19. The molecule has 1 amide bonds. The fourth-order valence-corrected chi connectivity index (χ4v) is 3.11. The molecular formula is C18H13N3O. The first-order valence-corrected chi connectivity index (χ1v) is 7.19.